The van der Waals surface area contributed by atoms with Crippen LogP contribution in [0.1, 0.15) is 6.42 Å². The van der Waals surface area contributed by atoms with E-state index in [-0.39, 0.29) is 6.17 Å². The molecule has 0 spiro atoms. The summed E-state index contributed by atoms with van der Waals surface area (Å²) in [6.45, 7) is 0. The van der Waals surface area contributed by atoms with Crippen LogP contribution in [0.5, 0.6) is 0 Å². The van der Waals surface area contributed by atoms with Crippen molar-refractivity contribution in [3.8, 4) is 0 Å². The fourth-order valence-electron chi connectivity index (χ4n) is 0.748. The number of rotatable bonds is 1. The molecular weight excluding hydrogens is 132 g/mol. The molecule has 0 saturated heterocycles. The molecule has 1 rings (SSSR count). The highest BCUT2D eigenvalue weighted by molar-refractivity contribution is 5.93. The number of aliphatic carboxylic acids is 1. The first-order valence-electron chi connectivity index (χ1n) is 2.91. The van der Waals surface area contributed by atoms with Gasteiger partial charge in [0.1, 0.15) is 6.17 Å². The minimum atomic E-state index is -0.915. The number of carboxylic acid groups (broad SMARTS) is 1. The highest BCUT2D eigenvalue weighted by Gasteiger charge is 2.12. The summed E-state index contributed by atoms with van der Waals surface area (Å²) in [6.07, 6.45) is 2.84. The molecule has 3 N–H and O–H groups in total. The van der Waals surface area contributed by atoms with Gasteiger partial charge in [0.25, 0.3) is 0 Å². The number of allylic oxidation sites excluding steroid dienone is 1. The lowest BCUT2D eigenvalue weighted by Gasteiger charge is -2.09. The van der Waals surface area contributed by atoms with Crippen LogP contribution >= 0.6 is 0 Å². The van der Waals surface area contributed by atoms with Crippen molar-refractivity contribution < 1.29 is 9.90 Å². The molecule has 1 heterocycles. The van der Waals surface area contributed by atoms with Crippen LogP contribution in [0, 0.1) is 0 Å². The summed E-state index contributed by atoms with van der Waals surface area (Å²) in [4.78, 5) is 14.1. The molecular formula is C6H8N2O2. The minimum absolute atomic E-state index is 0.322. The summed E-state index contributed by atoms with van der Waals surface area (Å²) in [7, 11) is 0. The number of carbonyl (C=O) groups is 1. The first kappa shape index (κ1) is 6.95. The van der Waals surface area contributed by atoms with Gasteiger partial charge in [-0.15, -0.1) is 0 Å². The summed E-state index contributed by atoms with van der Waals surface area (Å²) in [5.41, 5.74) is 5.68. The van der Waals surface area contributed by atoms with Crippen molar-refractivity contribution >= 4 is 12.2 Å². The van der Waals surface area contributed by atoms with E-state index in [0.717, 1.165) is 0 Å². The van der Waals surface area contributed by atoms with Gasteiger partial charge in [0.2, 0.25) is 0 Å². The Hall–Kier alpha value is -1.16. The largest absolute Gasteiger partial charge is 0.478 e. The van der Waals surface area contributed by atoms with Crippen molar-refractivity contribution in [2.45, 2.75) is 12.6 Å². The molecule has 54 valence electrons. The van der Waals surface area contributed by atoms with E-state index in [1.54, 1.807) is 0 Å². The van der Waals surface area contributed by atoms with E-state index in [0.29, 0.717) is 12.0 Å². The molecule has 0 aromatic rings. The van der Waals surface area contributed by atoms with Crippen molar-refractivity contribution in [3.05, 3.63) is 11.6 Å². The Balaban J connectivity index is 2.71. The second-order valence-corrected chi connectivity index (χ2v) is 2.07. The first-order valence-corrected chi connectivity index (χ1v) is 2.91. The fraction of sp³-hybridized carbons (Fsp3) is 0.333. The summed E-state index contributed by atoms with van der Waals surface area (Å²) in [6, 6.07) is 0. The van der Waals surface area contributed by atoms with Gasteiger partial charge in [-0.05, 0) is 6.08 Å². The topological polar surface area (TPSA) is 75.7 Å². The van der Waals surface area contributed by atoms with Crippen LogP contribution in [0.3, 0.4) is 0 Å². The molecule has 4 heteroatoms. The zero-order valence-electron chi connectivity index (χ0n) is 5.32. The van der Waals surface area contributed by atoms with Gasteiger partial charge in [-0.2, -0.15) is 0 Å². The SMILES string of the molecule is NC1CC(C(=O)O)=CC=N1. The Labute approximate surface area is 58.1 Å². The molecule has 0 saturated carbocycles. The Morgan fingerprint density at radius 2 is 2.60 bits per heavy atom. The molecule has 4 nitrogen and oxygen atoms in total. The minimum Gasteiger partial charge on any atom is -0.478 e. The monoisotopic (exact) mass is 140 g/mol. The third-order valence-electron chi connectivity index (χ3n) is 1.26. The maximum Gasteiger partial charge on any atom is 0.331 e. The van der Waals surface area contributed by atoms with Crippen LogP contribution in [-0.4, -0.2) is 23.5 Å². The van der Waals surface area contributed by atoms with Crippen LogP contribution in [0.15, 0.2) is 16.6 Å². The predicted molar refractivity (Wildman–Crippen MR) is 36.8 cm³/mol. The van der Waals surface area contributed by atoms with E-state index < -0.39 is 5.97 Å². The quantitative estimate of drug-likeness (QED) is 0.527. The maximum absolute atomic E-state index is 10.3. The number of hydrogen-bond acceptors (Lipinski definition) is 3. The zero-order valence-corrected chi connectivity index (χ0v) is 5.32. The first-order chi connectivity index (χ1) is 4.70. The van der Waals surface area contributed by atoms with Crippen molar-refractivity contribution in [2.75, 3.05) is 0 Å². The van der Waals surface area contributed by atoms with Crippen molar-refractivity contribution in [1.82, 2.24) is 0 Å². The summed E-state index contributed by atoms with van der Waals surface area (Å²) < 4.78 is 0. The van der Waals surface area contributed by atoms with E-state index in [2.05, 4.69) is 4.99 Å². The van der Waals surface area contributed by atoms with Crippen LogP contribution in [-0.2, 0) is 4.79 Å². The van der Waals surface area contributed by atoms with Crippen molar-refractivity contribution in [2.24, 2.45) is 10.7 Å². The van der Waals surface area contributed by atoms with Gasteiger partial charge in [-0.3, -0.25) is 4.99 Å². The molecule has 0 aromatic heterocycles. The number of hydrogen-bond donors (Lipinski definition) is 2. The van der Waals surface area contributed by atoms with Gasteiger partial charge < -0.3 is 10.8 Å². The van der Waals surface area contributed by atoms with E-state index >= 15 is 0 Å². The third kappa shape index (κ3) is 1.41. The molecule has 0 aliphatic carbocycles. The van der Waals surface area contributed by atoms with Crippen molar-refractivity contribution in [1.29, 1.82) is 0 Å². The number of nitrogens with two attached hydrogens (primary N) is 1. The maximum atomic E-state index is 10.3. The molecule has 1 aliphatic heterocycles. The molecule has 0 radical (unpaired) electrons. The summed E-state index contributed by atoms with van der Waals surface area (Å²) >= 11 is 0. The Bertz CT molecular complexity index is 208. The predicted octanol–water partition coefficient (Wildman–Crippen LogP) is -0.243. The van der Waals surface area contributed by atoms with E-state index in [4.69, 9.17) is 10.8 Å². The lowest BCUT2D eigenvalue weighted by Crippen LogP contribution is -2.22. The molecule has 0 aromatic carbocycles. The molecule has 1 aliphatic rings. The highest BCUT2D eigenvalue weighted by atomic mass is 16.4. The van der Waals surface area contributed by atoms with Gasteiger partial charge >= 0.3 is 5.97 Å². The van der Waals surface area contributed by atoms with Gasteiger partial charge in [0.15, 0.2) is 0 Å². The highest BCUT2D eigenvalue weighted by Crippen LogP contribution is 2.07. The van der Waals surface area contributed by atoms with Gasteiger partial charge in [-0.1, -0.05) is 0 Å². The Kier molecular flexibility index (Phi) is 1.82. The summed E-state index contributed by atoms with van der Waals surface area (Å²) in [5, 5.41) is 8.47. The lowest BCUT2D eigenvalue weighted by atomic mass is 10.1. The van der Waals surface area contributed by atoms with Crippen LogP contribution in [0.4, 0.5) is 0 Å². The second kappa shape index (κ2) is 2.62. The van der Waals surface area contributed by atoms with Gasteiger partial charge in [0.05, 0.1) is 0 Å². The van der Waals surface area contributed by atoms with Gasteiger partial charge in [0, 0.05) is 18.2 Å². The fourth-order valence-corrected chi connectivity index (χ4v) is 0.748. The molecule has 1 unspecified atom stereocenters. The number of nitrogens with zero attached hydrogens (tertiary/aromatic N) is 1. The number of aliphatic imine (C=N–C) groups is 1. The van der Waals surface area contributed by atoms with Crippen LogP contribution in [0.2, 0.25) is 0 Å². The average Bonchev–Trinajstić information content (AvgIpc) is 1.88. The lowest BCUT2D eigenvalue weighted by molar-refractivity contribution is -0.132. The molecule has 1 atom stereocenters. The smallest absolute Gasteiger partial charge is 0.331 e. The number of dihydropyridines is 1. The van der Waals surface area contributed by atoms with E-state index in [1.807, 2.05) is 0 Å². The number of carboxylic acids is 1. The Morgan fingerprint density at radius 3 is 3.00 bits per heavy atom. The van der Waals surface area contributed by atoms with Crippen LogP contribution in [0.25, 0.3) is 0 Å². The second-order valence-electron chi connectivity index (χ2n) is 2.07. The zero-order chi connectivity index (χ0) is 7.56. The molecule has 0 fully saturated rings. The molecule has 0 amide bonds. The Morgan fingerprint density at radius 1 is 1.90 bits per heavy atom. The van der Waals surface area contributed by atoms with E-state index in [9.17, 15) is 4.79 Å². The van der Waals surface area contributed by atoms with Gasteiger partial charge in [-0.25, -0.2) is 4.79 Å². The summed E-state index contributed by atoms with van der Waals surface area (Å²) in [5.74, 6) is -0.915. The molecule has 10 heavy (non-hydrogen) atoms. The standard InChI is InChI=1S/C6H8N2O2/c7-5-3-4(6(9)10)1-2-8-5/h1-2,5H,3,7H2,(H,9,10). The third-order valence-corrected chi connectivity index (χ3v) is 1.26. The average molecular weight is 140 g/mol. The van der Waals surface area contributed by atoms with Crippen LogP contribution < -0.4 is 5.73 Å². The van der Waals surface area contributed by atoms with E-state index in [1.165, 1.54) is 12.3 Å². The molecule has 0 bridgehead atoms. The van der Waals surface area contributed by atoms with Crippen molar-refractivity contribution in [3.63, 3.8) is 0 Å². The normalized spacial score (nSPS) is 24.1.